The fourth-order valence-corrected chi connectivity index (χ4v) is 8.39. The zero-order valence-corrected chi connectivity index (χ0v) is 39.8. The lowest BCUT2D eigenvalue weighted by atomic mass is 10.1. The van der Waals surface area contributed by atoms with Gasteiger partial charge in [0.25, 0.3) is 11.8 Å². The largest absolute Gasteiger partial charge is 0.497 e. The molecule has 0 aliphatic heterocycles. The predicted molar refractivity (Wildman–Crippen MR) is 252 cm³/mol. The van der Waals surface area contributed by atoms with Crippen LogP contribution in [0.1, 0.15) is 86.3 Å². The average molecular weight is 931 g/mol. The number of amides is 4. The van der Waals surface area contributed by atoms with Crippen LogP contribution in [-0.2, 0) is 56.4 Å². The van der Waals surface area contributed by atoms with Crippen LogP contribution >= 0.6 is 0 Å². The van der Waals surface area contributed by atoms with Crippen molar-refractivity contribution in [2.24, 2.45) is 35.5 Å². The van der Waals surface area contributed by atoms with Crippen LogP contribution in [0, 0.1) is 13.8 Å². The van der Waals surface area contributed by atoms with Gasteiger partial charge in [0.2, 0.25) is 23.1 Å². The topological polar surface area (TPSA) is 237 Å². The molecule has 0 saturated heterocycles. The molecule has 4 N–H and O–H groups in total. The van der Waals surface area contributed by atoms with Crippen molar-refractivity contribution in [3.8, 4) is 11.5 Å². The molecule has 4 amide bonds. The van der Waals surface area contributed by atoms with Crippen LogP contribution in [0.15, 0.2) is 76.7 Å². The molecule has 0 aliphatic rings. The molecule has 4 aromatic heterocycles. The molecule has 358 valence electrons. The molecule has 3 aromatic carbocycles. The number of benzene rings is 3. The molecule has 2 unspecified atom stereocenters. The molecule has 0 saturated carbocycles. The molecule has 0 fully saturated rings. The van der Waals surface area contributed by atoms with E-state index < -0.39 is 35.8 Å². The summed E-state index contributed by atoms with van der Waals surface area (Å²) in [4.78, 5) is 63.0. The number of nitrogens with zero attached hydrogens (tertiary/aromatic N) is 10. The fraction of sp³-hybridized carbons (Fsp3) is 0.375. The minimum Gasteiger partial charge on any atom is -0.497 e. The Kier molecular flexibility index (Phi) is 14.6. The van der Waals surface area contributed by atoms with Crippen LogP contribution in [0.3, 0.4) is 0 Å². The molecule has 2 atom stereocenters. The minimum absolute atomic E-state index is 0.0420. The summed E-state index contributed by atoms with van der Waals surface area (Å²) < 4.78 is 35.4. The molecular weight excluding hydrogens is 873 g/mol. The zero-order valence-electron chi connectivity index (χ0n) is 39.8. The van der Waals surface area contributed by atoms with Crippen LogP contribution < -0.4 is 32.2 Å². The summed E-state index contributed by atoms with van der Waals surface area (Å²) in [5, 5.41) is 8.94. The number of nitrogens with two attached hydrogens (primary N) is 2. The van der Waals surface area contributed by atoms with Crippen LogP contribution in [-0.4, -0.2) is 94.0 Å². The predicted octanol–water partition coefficient (Wildman–Crippen LogP) is 4.10. The maximum absolute atomic E-state index is 14.3. The molecular formula is C48H58N12O8. The van der Waals surface area contributed by atoms with E-state index in [0.717, 1.165) is 5.56 Å². The number of aromatic nitrogens is 8. The highest BCUT2D eigenvalue weighted by Crippen LogP contribution is 2.30. The van der Waals surface area contributed by atoms with E-state index in [9.17, 15) is 19.2 Å². The molecule has 20 nitrogen and oxygen atoms in total. The standard InChI is InChI=1S/C48H58N12O8/c1-10-59-37(20-28(5)53-59)45(63)51-47-55(7)35-22-31(43(49)61)16-19-34(35)57(47)25-40(66-12-3)41(67-13-4)26-58-42-36(56(8)48(58)52-46(64)38-21-29(6)54-60(38)11-2)23-32(44(50)62)24-39(42)68-27-30-14-17-33(65-9)18-15-30/h14-24,40-41H,10-13,25-27H2,1-9H3,(H2,49,61)(H2,50,62). The lowest BCUT2D eigenvalue weighted by Crippen LogP contribution is -2.43. The van der Waals surface area contributed by atoms with Crippen molar-refractivity contribution in [2.75, 3.05) is 20.3 Å². The van der Waals surface area contributed by atoms with Crippen LogP contribution in [0.5, 0.6) is 11.5 Å². The van der Waals surface area contributed by atoms with Crippen LogP contribution in [0.25, 0.3) is 22.1 Å². The van der Waals surface area contributed by atoms with E-state index in [1.54, 1.807) is 89.1 Å². The van der Waals surface area contributed by atoms with E-state index in [1.165, 1.54) is 0 Å². The Labute approximate surface area is 392 Å². The van der Waals surface area contributed by atoms with Crippen molar-refractivity contribution in [2.45, 2.75) is 86.5 Å². The number of carbonyl (C=O) groups excluding carboxylic acids is 4. The second-order valence-electron chi connectivity index (χ2n) is 16.1. The second kappa shape index (κ2) is 20.5. The maximum atomic E-state index is 14.3. The van der Waals surface area contributed by atoms with E-state index in [2.05, 4.69) is 15.2 Å². The molecule has 7 rings (SSSR count). The zero-order chi connectivity index (χ0) is 49.0. The van der Waals surface area contributed by atoms with Gasteiger partial charge in [-0.3, -0.25) is 28.5 Å². The van der Waals surface area contributed by atoms with Gasteiger partial charge < -0.3 is 48.7 Å². The molecule has 4 heterocycles. The van der Waals surface area contributed by atoms with Crippen LogP contribution in [0.4, 0.5) is 0 Å². The van der Waals surface area contributed by atoms with Crippen molar-refractivity contribution < 1.29 is 38.1 Å². The van der Waals surface area contributed by atoms with Gasteiger partial charge in [0.1, 0.15) is 47.2 Å². The van der Waals surface area contributed by atoms with Gasteiger partial charge in [-0.15, -0.1) is 0 Å². The molecule has 0 spiro atoms. The molecule has 20 heteroatoms. The molecule has 68 heavy (non-hydrogen) atoms. The molecule has 0 radical (unpaired) electrons. The molecule has 0 aliphatic carbocycles. The Balaban J connectivity index is 1.43. The number of ether oxygens (including phenoxy) is 4. The summed E-state index contributed by atoms with van der Waals surface area (Å²) in [5.74, 6) is -1.39. The first-order chi connectivity index (χ1) is 32.6. The quantitative estimate of drug-likeness (QED) is 0.118. The van der Waals surface area contributed by atoms with E-state index in [4.69, 9.17) is 35.4 Å². The molecule has 7 aromatic rings. The monoisotopic (exact) mass is 930 g/mol. The van der Waals surface area contributed by atoms with Gasteiger partial charge >= 0.3 is 0 Å². The summed E-state index contributed by atoms with van der Waals surface area (Å²) in [7, 11) is 5.08. The van der Waals surface area contributed by atoms with Gasteiger partial charge in [-0.1, -0.05) is 12.1 Å². The second-order valence-corrected chi connectivity index (χ2v) is 16.1. The minimum atomic E-state index is -0.770. The summed E-state index contributed by atoms with van der Waals surface area (Å²) in [6, 6.07) is 19.0. The average Bonchev–Trinajstić information content (AvgIpc) is 4.05. The fourth-order valence-electron chi connectivity index (χ4n) is 8.39. The van der Waals surface area contributed by atoms with Gasteiger partial charge in [-0.25, -0.2) is 0 Å². The summed E-state index contributed by atoms with van der Waals surface area (Å²) >= 11 is 0. The Morgan fingerprint density at radius 2 is 1.16 bits per heavy atom. The Morgan fingerprint density at radius 3 is 1.68 bits per heavy atom. The van der Waals surface area contributed by atoms with E-state index in [0.29, 0.717) is 69.4 Å². The van der Waals surface area contributed by atoms with Crippen molar-refractivity contribution in [3.63, 3.8) is 0 Å². The van der Waals surface area contributed by atoms with E-state index in [-0.39, 0.29) is 55.3 Å². The van der Waals surface area contributed by atoms with E-state index in [1.807, 2.05) is 68.0 Å². The number of hydrogen-bond donors (Lipinski definition) is 2. The van der Waals surface area contributed by atoms with E-state index >= 15 is 0 Å². The Bertz CT molecular complexity index is 3180. The van der Waals surface area contributed by atoms with Gasteiger partial charge in [-0.05, 0) is 102 Å². The first-order valence-corrected chi connectivity index (χ1v) is 22.4. The van der Waals surface area contributed by atoms with Crippen molar-refractivity contribution >= 4 is 45.7 Å². The highest BCUT2D eigenvalue weighted by molar-refractivity contribution is 5.99. The maximum Gasteiger partial charge on any atom is 0.298 e. The normalized spacial score (nSPS) is 13.1. The number of carbonyl (C=O) groups is 4. The summed E-state index contributed by atoms with van der Waals surface area (Å²) in [5.41, 5.74) is 17.5. The number of hydrogen-bond acceptors (Lipinski definition) is 10. The highest BCUT2D eigenvalue weighted by atomic mass is 16.5. The lowest BCUT2D eigenvalue weighted by molar-refractivity contribution is -0.0801. The number of rotatable bonds is 19. The Morgan fingerprint density at radius 1 is 0.647 bits per heavy atom. The highest BCUT2D eigenvalue weighted by Gasteiger charge is 2.30. The number of fused-ring (bicyclic) bond motifs is 2. The first-order valence-electron chi connectivity index (χ1n) is 22.4. The number of primary amides is 2. The first kappa shape index (κ1) is 48.4. The van der Waals surface area contributed by atoms with Crippen molar-refractivity contribution in [1.82, 2.24) is 37.8 Å². The third-order valence-corrected chi connectivity index (χ3v) is 11.7. The van der Waals surface area contributed by atoms with Gasteiger partial charge in [0.15, 0.2) is 0 Å². The van der Waals surface area contributed by atoms with Gasteiger partial charge in [0.05, 0.1) is 48.1 Å². The van der Waals surface area contributed by atoms with Gasteiger partial charge in [-0.2, -0.15) is 20.2 Å². The number of methoxy groups -OCH3 is 1. The van der Waals surface area contributed by atoms with Gasteiger partial charge in [0, 0.05) is 51.5 Å². The third kappa shape index (κ3) is 9.77. The molecule has 0 bridgehead atoms. The SMILES string of the molecule is CCOC(Cn1c(=NC(=O)c2cc(C)nn2CC)n(C)c2cc(C(N)=O)ccc21)C(Cn1c(=NC(=O)c2cc(C)nn2CC)n(C)c2cc(C(N)=O)cc(OCc3ccc(OC)cc3)c21)OCC. The number of aryl methyl sites for hydroxylation is 6. The summed E-state index contributed by atoms with van der Waals surface area (Å²) in [6.45, 7) is 12.8. The van der Waals surface area contributed by atoms with Crippen molar-refractivity contribution in [3.05, 3.63) is 117 Å². The van der Waals surface area contributed by atoms with Crippen molar-refractivity contribution in [1.29, 1.82) is 0 Å². The summed E-state index contributed by atoms with van der Waals surface area (Å²) in [6.07, 6.45) is -1.52. The smallest absolute Gasteiger partial charge is 0.298 e. The Hall–Kier alpha value is -7.58. The third-order valence-electron chi connectivity index (χ3n) is 11.7. The number of imidazole rings is 2. The van der Waals surface area contributed by atoms with Crippen LogP contribution in [0.2, 0.25) is 0 Å². The lowest BCUT2D eigenvalue weighted by Gasteiger charge is -2.28.